The SMILES string of the molecule is O=C(NCC1CCCN1)c1cccc(Br)c1. The zero-order chi connectivity index (χ0) is 11.4. The number of rotatable bonds is 3. The van der Waals surface area contributed by atoms with Crippen LogP contribution in [0.4, 0.5) is 0 Å². The average Bonchev–Trinajstić information content (AvgIpc) is 2.78. The molecule has 0 spiro atoms. The second kappa shape index (κ2) is 5.46. The van der Waals surface area contributed by atoms with Gasteiger partial charge in [0.05, 0.1) is 0 Å². The van der Waals surface area contributed by atoms with Gasteiger partial charge in [0.15, 0.2) is 0 Å². The van der Waals surface area contributed by atoms with Crippen LogP contribution in [-0.4, -0.2) is 25.0 Å². The summed E-state index contributed by atoms with van der Waals surface area (Å²) in [5, 5.41) is 6.30. The molecule has 1 atom stereocenters. The summed E-state index contributed by atoms with van der Waals surface area (Å²) in [6.07, 6.45) is 2.36. The van der Waals surface area contributed by atoms with Gasteiger partial charge in [-0.05, 0) is 37.6 Å². The summed E-state index contributed by atoms with van der Waals surface area (Å²) in [5.74, 6) is -0.00463. The predicted octanol–water partition coefficient (Wildman–Crippen LogP) is 1.93. The summed E-state index contributed by atoms with van der Waals surface area (Å²) >= 11 is 3.36. The quantitative estimate of drug-likeness (QED) is 0.890. The Hall–Kier alpha value is -0.870. The van der Waals surface area contributed by atoms with E-state index in [-0.39, 0.29) is 5.91 Å². The Morgan fingerprint density at radius 3 is 3.12 bits per heavy atom. The molecule has 4 heteroatoms. The molecule has 2 N–H and O–H groups in total. The smallest absolute Gasteiger partial charge is 0.251 e. The summed E-state index contributed by atoms with van der Waals surface area (Å²) in [4.78, 5) is 11.8. The molecular weight excluding hydrogens is 268 g/mol. The molecular formula is C12H15BrN2O. The summed E-state index contributed by atoms with van der Waals surface area (Å²) in [6.45, 7) is 1.78. The number of nitrogens with one attached hydrogen (secondary N) is 2. The fourth-order valence-corrected chi connectivity index (χ4v) is 2.28. The van der Waals surface area contributed by atoms with Crippen molar-refractivity contribution >= 4 is 21.8 Å². The Morgan fingerprint density at radius 1 is 1.56 bits per heavy atom. The lowest BCUT2D eigenvalue weighted by molar-refractivity contribution is 0.0950. The second-order valence-electron chi connectivity index (χ2n) is 4.01. The van der Waals surface area contributed by atoms with Crippen LogP contribution in [-0.2, 0) is 0 Å². The summed E-state index contributed by atoms with van der Waals surface area (Å²) in [5.41, 5.74) is 0.701. The lowest BCUT2D eigenvalue weighted by Gasteiger charge is -2.11. The van der Waals surface area contributed by atoms with Crippen molar-refractivity contribution in [1.82, 2.24) is 10.6 Å². The molecule has 1 fully saturated rings. The Morgan fingerprint density at radius 2 is 2.44 bits per heavy atom. The fourth-order valence-electron chi connectivity index (χ4n) is 1.88. The van der Waals surface area contributed by atoms with Gasteiger partial charge in [0.25, 0.3) is 5.91 Å². The number of hydrogen-bond acceptors (Lipinski definition) is 2. The molecule has 3 nitrogen and oxygen atoms in total. The Kier molecular flexibility index (Phi) is 3.96. The molecule has 1 aromatic carbocycles. The zero-order valence-electron chi connectivity index (χ0n) is 9.00. The minimum atomic E-state index is -0.00463. The van der Waals surface area contributed by atoms with Gasteiger partial charge >= 0.3 is 0 Å². The normalized spacial score (nSPS) is 19.7. The first-order valence-corrected chi connectivity index (χ1v) is 6.32. The van der Waals surface area contributed by atoms with Crippen molar-refractivity contribution in [1.29, 1.82) is 0 Å². The molecule has 0 aliphatic carbocycles. The molecule has 86 valence electrons. The third-order valence-corrected chi connectivity index (χ3v) is 3.25. The molecule has 1 unspecified atom stereocenters. The van der Waals surface area contributed by atoms with Gasteiger partial charge in [0.2, 0.25) is 0 Å². The maximum atomic E-state index is 11.8. The van der Waals surface area contributed by atoms with E-state index in [1.165, 1.54) is 6.42 Å². The van der Waals surface area contributed by atoms with Crippen molar-refractivity contribution in [2.75, 3.05) is 13.1 Å². The van der Waals surface area contributed by atoms with Gasteiger partial charge in [0.1, 0.15) is 0 Å². The first kappa shape index (κ1) is 11.6. The van der Waals surface area contributed by atoms with Crippen molar-refractivity contribution in [3.05, 3.63) is 34.3 Å². The number of halogens is 1. The van der Waals surface area contributed by atoms with E-state index >= 15 is 0 Å². The average molecular weight is 283 g/mol. The third-order valence-electron chi connectivity index (χ3n) is 2.76. The van der Waals surface area contributed by atoms with Gasteiger partial charge in [-0.25, -0.2) is 0 Å². The largest absolute Gasteiger partial charge is 0.350 e. The summed E-state index contributed by atoms with van der Waals surface area (Å²) in [6, 6.07) is 7.87. The lowest BCUT2D eigenvalue weighted by Crippen LogP contribution is -2.37. The fraction of sp³-hybridized carbons (Fsp3) is 0.417. The van der Waals surface area contributed by atoms with Gasteiger partial charge in [0, 0.05) is 22.6 Å². The van der Waals surface area contributed by atoms with Crippen molar-refractivity contribution in [3.63, 3.8) is 0 Å². The number of benzene rings is 1. The first-order chi connectivity index (χ1) is 7.75. The van der Waals surface area contributed by atoms with Crippen molar-refractivity contribution < 1.29 is 4.79 Å². The molecule has 1 aliphatic rings. The van der Waals surface area contributed by atoms with E-state index in [1.807, 2.05) is 24.3 Å². The van der Waals surface area contributed by atoms with E-state index in [9.17, 15) is 4.79 Å². The van der Waals surface area contributed by atoms with Gasteiger partial charge in [-0.15, -0.1) is 0 Å². The van der Waals surface area contributed by atoms with E-state index in [0.717, 1.165) is 17.4 Å². The topological polar surface area (TPSA) is 41.1 Å². The van der Waals surface area contributed by atoms with Crippen LogP contribution in [0.5, 0.6) is 0 Å². The number of hydrogen-bond donors (Lipinski definition) is 2. The highest BCUT2D eigenvalue weighted by atomic mass is 79.9. The maximum Gasteiger partial charge on any atom is 0.251 e. The van der Waals surface area contributed by atoms with Crippen LogP contribution < -0.4 is 10.6 Å². The van der Waals surface area contributed by atoms with Crippen LogP contribution in [0.15, 0.2) is 28.7 Å². The van der Waals surface area contributed by atoms with Crippen molar-refractivity contribution in [3.8, 4) is 0 Å². The monoisotopic (exact) mass is 282 g/mol. The van der Waals surface area contributed by atoms with Gasteiger partial charge in [-0.1, -0.05) is 22.0 Å². The van der Waals surface area contributed by atoms with E-state index in [0.29, 0.717) is 18.2 Å². The van der Waals surface area contributed by atoms with E-state index in [2.05, 4.69) is 26.6 Å². The number of amides is 1. The van der Waals surface area contributed by atoms with Gasteiger partial charge in [-0.2, -0.15) is 0 Å². The minimum absolute atomic E-state index is 0.00463. The Bertz CT molecular complexity index is 375. The molecule has 0 bridgehead atoms. The highest BCUT2D eigenvalue weighted by molar-refractivity contribution is 9.10. The second-order valence-corrected chi connectivity index (χ2v) is 4.93. The maximum absolute atomic E-state index is 11.8. The summed E-state index contributed by atoms with van der Waals surface area (Å²) < 4.78 is 0.930. The zero-order valence-corrected chi connectivity index (χ0v) is 10.6. The minimum Gasteiger partial charge on any atom is -0.350 e. The van der Waals surface area contributed by atoms with Crippen molar-refractivity contribution in [2.24, 2.45) is 0 Å². The van der Waals surface area contributed by atoms with Crippen LogP contribution in [0.3, 0.4) is 0 Å². The van der Waals surface area contributed by atoms with E-state index in [1.54, 1.807) is 0 Å². The van der Waals surface area contributed by atoms with E-state index in [4.69, 9.17) is 0 Å². The number of carbonyl (C=O) groups excluding carboxylic acids is 1. The molecule has 1 aromatic rings. The molecule has 0 radical (unpaired) electrons. The summed E-state index contributed by atoms with van der Waals surface area (Å²) in [7, 11) is 0. The Balaban J connectivity index is 1.87. The highest BCUT2D eigenvalue weighted by Gasteiger charge is 2.15. The molecule has 0 saturated carbocycles. The van der Waals surface area contributed by atoms with Crippen LogP contribution in [0.25, 0.3) is 0 Å². The van der Waals surface area contributed by atoms with E-state index < -0.39 is 0 Å². The molecule has 0 aromatic heterocycles. The predicted molar refractivity (Wildman–Crippen MR) is 67.5 cm³/mol. The van der Waals surface area contributed by atoms with Crippen molar-refractivity contribution in [2.45, 2.75) is 18.9 Å². The Labute approximate surface area is 104 Å². The van der Waals surface area contributed by atoms with Crippen LogP contribution >= 0.6 is 15.9 Å². The molecule has 1 aliphatic heterocycles. The molecule has 1 amide bonds. The van der Waals surface area contributed by atoms with Crippen LogP contribution in [0.1, 0.15) is 23.2 Å². The first-order valence-electron chi connectivity index (χ1n) is 5.53. The highest BCUT2D eigenvalue weighted by Crippen LogP contribution is 2.11. The lowest BCUT2D eigenvalue weighted by atomic mass is 10.2. The number of carbonyl (C=O) groups is 1. The molecule has 1 saturated heterocycles. The van der Waals surface area contributed by atoms with Gasteiger partial charge in [-0.3, -0.25) is 4.79 Å². The van der Waals surface area contributed by atoms with Gasteiger partial charge < -0.3 is 10.6 Å². The standard InChI is InChI=1S/C12H15BrN2O/c13-10-4-1-3-9(7-10)12(16)15-8-11-5-2-6-14-11/h1,3-4,7,11,14H,2,5-6,8H2,(H,15,16). The molecule has 1 heterocycles. The molecule has 16 heavy (non-hydrogen) atoms. The third kappa shape index (κ3) is 3.06. The van der Waals surface area contributed by atoms with Crippen LogP contribution in [0, 0.1) is 0 Å². The molecule has 2 rings (SSSR count). The van der Waals surface area contributed by atoms with Crippen LogP contribution in [0.2, 0.25) is 0 Å².